The molecule has 0 saturated heterocycles. The van der Waals surface area contributed by atoms with E-state index in [-0.39, 0.29) is 30.5 Å². The van der Waals surface area contributed by atoms with Gasteiger partial charge < -0.3 is 10.6 Å². The van der Waals surface area contributed by atoms with E-state index in [1.54, 1.807) is 10.6 Å². The lowest BCUT2D eigenvalue weighted by molar-refractivity contribution is -0.123. The summed E-state index contributed by atoms with van der Waals surface area (Å²) in [4.78, 5) is 36.9. The van der Waals surface area contributed by atoms with Crippen LogP contribution in [-0.2, 0) is 29.1 Å². The zero-order valence-corrected chi connectivity index (χ0v) is 15.7. The van der Waals surface area contributed by atoms with Gasteiger partial charge in [0.1, 0.15) is 12.4 Å². The van der Waals surface area contributed by atoms with Crippen molar-refractivity contribution in [3.63, 3.8) is 0 Å². The highest BCUT2D eigenvalue weighted by molar-refractivity contribution is 5.95. The van der Waals surface area contributed by atoms with Crippen LogP contribution in [-0.4, -0.2) is 26.2 Å². The molecule has 1 aliphatic heterocycles. The topological polar surface area (TPSA) is 98.0 Å². The fourth-order valence-electron chi connectivity index (χ4n) is 3.34. The highest BCUT2D eigenvalue weighted by atomic mass is 16.2. The molecule has 0 radical (unpaired) electrons. The zero-order valence-electron chi connectivity index (χ0n) is 15.7. The number of aromatic nitrogens is 3. The Hall–Kier alpha value is -2.90. The van der Waals surface area contributed by atoms with Crippen molar-refractivity contribution in [2.75, 3.05) is 5.32 Å². The molecule has 0 bridgehead atoms. The van der Waals surface area contributed by atoms with Crippen molar-refractivity contribution >= 4 is 17.5 Å². The Morgan fingerprint density at radius 2 is 2.07 bits per heavy atom. The molecule has 1 aromatic carbocycles. The fraction of sp³-hybridized carbons (Fsp3) is 0.474. The van der Waals surface area contributed by atoms with Crippen LogP contribution in [0.15, 0.2) is 29.1 Å². The molecule has 27 heavy (non-hydrogen) atoms. The van der Waals surface area contributed by atoms with E-state index in [0.29, 0.717) is 24.5 Å². The van der Waals surface area contributed by atoms with Gasteiger partial charge in [-0.05, 0) is 25.0 Å². The van der Waals surface area contributed by atoms with E-state index >= 15 is 0 Å². The molecule has 2 heterocycles. The SMILES string of the molecule is CCCCc1nn(CC(=O)NC2CC(=O)Nc3ccccc32)c(=O)n1CC. The maximum atomic E-state index is 12.5. The van der Waals surface area contributed by atoms with E-state index in [1.165, 1.54) is 4.68 Å². The molecule has 2 aromatic rings. The lowest BCUT2D eigenvalue weighted by Gasteiger charge is -2.26. The molecule has 1 unspecified atom stereocenters. The summed E-state index contributed by atoms with van der Waals surface area (Å²) in [6.07, 6.45) is 2.83. The van der Waals surface area contributed by atoms with Crippen molar-refractivity contribution < 1.29 is 9.59 Å². The summed E-state index contributed by atoms with van der Waals surface area (Å²) in [5, 5.41) is 10.00. The second-order valence-corrected chi connectivity index (χ2v) is 6.66. The quantitative estimate of drug-likeness (QED) is 0.772. The molecule has 2 N–H and O–H groups in total. The summed E-state index contributed by atoms with van der Waals surface area (Å²) in [6.45, 7) is 4.33. The number of nitrogens with one attached hydrogen (secondary N) is 2. The standard InChI is InChI=1S/C19H25N5O3/c1-3-5-10-16-22-24(19(27)23(16)4-2)12-18(26)21-15-11-17(25)20-14-9-7-6-8-13(14)15/h6-9,15H,3-5,10-12H2,1-2H3,(H,20,25)(H,21,26). The first-order valence-corrected chi connectivity index (χ1v) is 9.38. The maximum Gasteiger partial charge on any atom is 0.346 e. The summed E-state index contributed by atoms with van der Waals surface area (Å²) in [5.41, 5.74) is 1.29. The number of amides is 2. The number of anilines is 1. The second-order valence-electron chi connectivity index (χ2n) is 6.66. The Morgan fingerprint density at radius 3 is 2.81 bits per heavy atom. The van der Waals surface area contributed by atoms with Gasteiger partial charge in [0, 0.05) is 18.7 Å². The van der Waals surface area contributed by atoms with Gasteiger partial charge in [-0.15, -0.1) is 0 Å². The maximum absolute atomic E-state index is 12.5. The minimum absolute atomic E-state index is 0.145. The largest absolute Gasteiger partial charge is 0.347 e. The first-order valence-electron chi connectivity index (χ1n) is 9.38. The Kier molecular flexibility index (Phi) is 5.73. The van der Waals surface area contributed by atoms with Crippen LogP contribution >= 0.6 is 0 Å². The highest BCUT2D eigenvalue weighted by Crippen LogP contribution is 2.29. The minimum Gasteiger partial charge on any atom is -0.347 e. The molecule has 0 fully saturated rings. The van der Waals surface area contributed by atoms with Crippen molar-refractivity contribution in [3.8, 4) is 0 Å². The van der Waals surface area contributed by atoms with Gasteiger partial charge in [0.15, 0.2) is 0 Å². The van der Waals surface area contributed by atoms with Crippen LogP contribution in [0.2, 0.25) is 0 Å². The van der Waals surface area contributed by atoms with E-state index < -0.39 is 6.04 Å². The van der Waals surface area contributed by atoms with Gasteiger partial charge >= 0.3 is 5.69 Å². The smallest absolute Gasteiger partial charge is 0.346 e. The van der Waals surface area contributed by atoms with Crippen molar-refractivity contribution in [1.29, 1.82) is 0 Å². The first-order chi connectivity index (χ1) is 13.0. The van der Waals surface area contributed by atoms with Crippen LogP contribution in [0.3, 0.4) is 0 Å². The number of fused-ring (bicyclic) bond motifs is 1. The van der Waals surface area contributed by atoms with Gasteiger partial charge in [0.2, 0.25) is 11.8 Å². The molecule has 0 saturated carbocycles. The summed E-state index contributed by atoms with van der Waals surface area (Å²) >= 11 is 0. The third-order valence-electron chi connectivity index (χ3n) is 4.70. The van der Waals surface area contributed by atoms with Gasteiger partial charge in [0.05, 0.1) is 12.5 Å². The number of unbranched alkanes of at least 4 members (excludes halogenated alkanes) is 1. The number of rotatable bonds is 7. The van der Waals surface area contributed by atoms with Crippen molar-refractivity contribution in [2.45, 2.75) is 58.7 Å². The molecule has 8 nitrogen and oxygen atoms in total. The number of aryl methyl sites for hydroxylation is 1. The van der Waals surface area contributed by atoms with E-state index in [2.05, 4.69) is 22.7 Å². The van der Waals surface area contributed by atoms with Gasteiger partial charge in [-0.2, -0.15) is 5.10 Å². The van der Waals surface area contributed by atoms with E-state index in [9.17, 15) is 14.4 Å². The molecular weight excluding hydrogens is 346 g/mol. The molecule has 0 aliphatic carbocycles. The normalized spacial score (nSPS) is 15.9. The van der Waals surface area contributed by atoms with Crippen LogP contribution in [0.4, 0.5) is 5.69 Å². The molecule has 3 rings (SSSR count). The Bertz CT molecular complexity index is 899. The average molecular weight is 371 g/mol. The van der Waals surface area contributed by atoms with Gasteiger partial charge in [-0.25, -0.2) is 9.48 Å². The Morgan fingerprint density at radius 1 is 1.30 bits per heavy atom. The van der Waals surface area contributed by atoms with Crippen LogP contribution in [0.25, 0.3) is 0 Å². The van der Waals surface area contributed by atoms with E-state index in [0.717, 1.165) is 18.4 Å². The lowest BCUT2D eigenvalue weighted by Crippen LogP contribution is -2.38. The van der Waals surface area contributed by atoms with E-state index in [4.69, 9.17) is 0 Å². The molecule has 1 aliphatic rings. The fourth-order valence-corrected chi connectivity index (χ4v) is 3.34. The number of para-hydroxylation sites is 1. The predicted molar refractivity (Wildman–Crippen MR) is 101 cm³/mol. The Labute approximate surface area is 157 Å². The molecule has 2 amide bonds. The molecule has 1 atom stereocenters. The van der Waals surface area contributed by atoms with Gasteiger partial charge in [0.25, 0.3) is 0 Å². The number of hydrogen-bond acceptors (Lipinski definition) is 4. The lowest BCUT2D eigenvalue weighted by atomic mass is 9.97. The second kappa shape index (κ2) is 8.20. The van der Waals surface area contributed by atoms with Crippen LogP contribution in [0.1, 0.15) is 50.5 Å². The summed E-state index contributed by atoms with van der Waals surface area (Å²) in [7, 11) is 0. The van der Waals surface area contributed by atoms with Crippen LogP contribution in [0, 0.1) is 0 Å². The number of benzene rings is 1. The molecule has 1 aromatic heterocycles. The Balaban J connectivity index is 1.74. The summed E-state index contributed by atoms with van der Waals surface area (Å²) in [5.74, 6) is 0.224. The summed E-state index contributed by atoms with van der Waals surface area (Å²) in [6, 6.07) is 6.96. The third kappa shape index (κ3) is 4.10. The van der Waals surface area contributed by atoms with E-state index in [1.807, 2.05) is 25.1 Å². The molecular formula is C19H25N5O3. The number of nitrogens with zero attached hydrogens (tertiary/aromatic N) is 3. The summed E-state index contributed by atoms with van der Waals surface area (Å²) < 4.78 is 2.81. The number of carbonyl (C=O) groups is 2. The average Bonchev–Trinajstić information content (AvgIpc) is 2.94. The number of carbonyl (C=O) groups excluding carboxylic acids is 2. The highest BCUT2D eigenvalue weighted by Gasteiger charge is 2.26. The van der Waals surface area contributed by atoms with Gasteiger partial charge in [-0.1, -0.05) is 31.5 Å². The van der Waals surface area contributed by atoms with Crippen molar-refractivity contribution in [1.82, 2.24) is 19.7 Å². The van der Waals surface area contributed by atoms with Crippen LogP contribution in [0.5, 0.6) is 0 Å². The van der Waals surface area contributed by atoms with Crippen LogP contribution < -0.4 is 16.3 Å². The van der Waals surface area contributed by atoms with Gasteiger partial charge in [-0.3, -0.25) is 14.2 Å². The zero-order chi connectivity index (χ0) is 19.4. The molecule has 0 spiro atoms. The minimum atomic E-state index is -0.411. The number of hydrogen-bond donors (Lipinski definition) is 2. The molecule has 8 heteroatoms. The van der Waals surface area contributed by atoms with Crippen molar-refractivity contribution in [2.24, 2.45) is 0 Å². The molecule has 144 valence electrons. The van der Waals surface area contributed by atoms with Crippen molar-refractivity contribution in [3.05, 3.63) is 46.1 Å². The predicted octanol–water partition coefficient (Wildman–Crippen LogP) is 1.61. The monoisotopic (exact) mass is 371 g/mol. The third-order valence-corrected chi connectivity index (χ3v) is 4.70. The first kappa shape index (κ1) is 18.9.